The predicted molar refractivity (Wildman–Crippen MR) is 84.1 cm³/mol. The Labute approximate surface area is 130 Å². The molecule has 0 unspecified atom stereocenters. The van der Waals surface area contributed by atoms with E-state index in [-0.39, 0.29) is 20.9 Å². The Hall–Kier alpha value is -1.05. The van der Waals surface area contributed by atoms with Crippen molar-refractivity contribution in [2.45, 2.75) is 37.5 Å². The zero-order chi connectivity index (χ0) is 15.7. The summed E-state index contributed by atoms with van der Waals surface area (Å²) in [5.74, 6) is -0.620. The van der Waals surface area contributed by atoms with Crippen LogP contribution in [0.5, 0.6) is 0 Å². The molecule has 1 saturated carbocycles. The lowest BCUT2D eigenvalue weighted by Crippen LogP contribution is -2.41. The minimum atomic E-state index is -3.68. The molecule has 0 bridgehead atoms. The first kappa shape index (κ1) is 16.3. The van der Waals surface area contributed by atoms with Crippen LogP contribution < -0.4 is 10.5 Å². The molecule has 4 nitrogen and oxygen atoms in total. The van der Waals surface area contributed by atoms with Crippen LogP contribution in [-0.4, -0.2) is 20.0 Å². The third-order valence-corrected chi connectivity index (χ3v) is 5.93. The molecule has 0 heterocycles. The average Bonchev–Trinajstić information content (AvgIpc) is 2.37. The van der Waals surface area contributed by atoms with Crippen molar-refractivity contribution in [1.82, 2.24) is 4.72 Å². The van der Waals surface area contributed by atoms with Gasteiger partial charge in [0.2, 0.25) is 10.0 Å². The SMILES string of the molecule is CCC1(CNS(=O)(=O)c2ccc(F)c(C(N)=S)c2)CCC1. The van der Waals surface area contributed by atoms with Gasteiger partial charge in [0.05, 0.1) is 4.90 Å². The van der Waals surface area contributed by atoms with E-state index < -0.39 is 15.8 Å². The van der Waals surface area contributed by atoms with E-state index in [0.717, 1.165) is 31.7 Å². The summed E-state index contributed by atoms with van der Waals surface area (Å²) in [6, 6.07) is 3.47. The fraction of sp³-hybridized carbons (Fsp3) is 0.500. The molecule has 21 heavy (non-hydrogen) atoms. The van der Waals surface area contributed by atoms with E-state index in [1.165, 1.54) is 12.1 Å². The first-order chi connectivity index (χ1) is 9.80. The van der Waals surface area contributed by atoms with Crippen LogP contribution in [0.15, 0.2) is 23.1 Å². The second-order valence-electron chi connectivity index (χ2n) is 5.54. The smallest absolute Gasteiger partial charge is 0.240 e. The molecule has 0 aromatic heterocycles. The highest BCUT2D eigenvalue weighted by Crippen LogP contribution is 2.43. The fourth-order valence-corrected chi connectivity index (χ4v) is 3.86. The van der Waals surface area contributed by atoms with Crippen LogP contribution in [0.25, 0.3) is 0 Å². The van der Waals surface area contributed by atoms with Crippen molar-refractivity contribution in [2.24, 2.45) is 11.1 Å². The molecule has 3 N–H and O–H groups in total. The molecule has 7 heteroatoms. The maximum absolute atomic E-state index is 13.5. The van der Waals surface area contributed by atoms with E-state index in [0.29, 0.717) is 6.54 Å². The van der Waals surface area contributed by atoms with Crippen molar-refractivity contribution in [2.75, 3.05) is 6.54 Å². The zero-order valence-corrected chi connectivity index (χ0v) is 13.5. The number of rotatable bonds is 6. The summed E-state index contributed by atoms with van der Waals surface area (Å²) in [6.07, 6.45) is 4.15. The molecular weight excluding hydrogens is 311 g/mol. The minimum absolute atomic E-state index is 0.0164. The second-order valence-corrected chi connectivity index (χ2v) is 7.74. The number of nitrogens with one attached hydrogen (secondary N) is 1. The van der Waals surface area contributed by atoms with E-state index in [1.54, 1.807) is 0 Å². The van der Waals surface area contributed by atoms with Crippen molar-refractivity contribution in [1.29, 1.82) is 0 Å². The molecule has 0 spiro atoms. The number of thiocarbonyl (C=S) groups is 1. The highest BCUT2D eigenvalue weighted by molar-refractivity contribution is 7.89. The number of benzene rings is 1. The lowest BCUT2D eigenvalue weighted by molar-refractivity contribution is 0.133. The van der Waals surface area contributed by atoms with E-state index >= 15 is 0 Å². The maximum atomic E-state index is 13.5. The van der Waals surface area contributed by atoms with Crippen molar-refractivity contribution in [3.05, 3.63) is 29.6 Å². The molecule has 0 amide bonds. The standard InChI is InChI=1S/C14H19FN2O2S2/c1-2-14(6-3-7-14)9-17-21(18,19)10-4-5-12(15)11(8-10)13(16)20/h4-5,8,17H,2-3,6-7,9H2,1H3,(H2,16,20). The number of hydrogen-bond acceptors (Lipinski definition) is 3. The van der Waals surface area contributed by atoms with Gasteiger partial charge in [-0.1, -0.05) is 25.6 Å². The van der Waals surface area contributed by atoms with Crippen LogP contribution in [0.2, 0.25) is 0 Å². The van der Waals surface area contributed by atoms with Gasteiger partial charge in [-0.15, -0.1) is 0 Å². The van der Waals surface area contributed by atoms with Crippen molar-refractivity contribution in [3.63, 3.8) is 0 Å². The van der Waals surface area contributed by atoms with Gasteiger partial charge in [-0.3, -0.25) is 0 Å². The number of halogens is 1. The third kappa shape index (κ3) is 3.41. The summed E-state index contributed by atoms with van der Waals surface area (Å²) in [5, 5.41) is 0. The van der Waals surface area contributed by atoms with Gasteiger partial charge in [0.15, 0.2) is 0 Å². The van der Waals surface area contributed by atoms with Gasteiger partial charge in [-0.05, 0) is 42.9 Å². The number of nitrogens with two attached hydrogens (primary N) is 1. The summed E-state index contributed by atoms with van der Waals surface area (Å²) in [5.41, 5.74) is 5.41. The van der Waals surface area contributed by atoms with Gasteiger partial charge < -0.3 is 5.73 Å². The van der Waals surface area contributed by atoms with E-state index in [2.05, 4.69) is 11.6 Å². The first-order valence-corrected chi connectivity index (χ1v) is 8.78. The van der Waals surface area contributed by atoms with Gasteiger partial charge in [0.1, 0.15) is 10.8 Å². The summed E-state index contributed by atoms with van der Waals surface area (Å²) < 4.78 is 40.7. The molecule has 0 saturated heterocycles. The van der Waals surface area contributed by atoms with E-state index in [9.17, 15) is 12.8 Å². The lowest BCUT2D eigenvalue weighted by Gasteiger charge is -2.41. The highest BCUT2D eigenvalue weighted by atomic mass is 32.2. The molecule has 2 rings (SSSR count). The Bertz CT molecular complexity index is 649. The topological polar surface area (TPSA) is 72.2 Å². The fourth-order valence-electron chi connectivity index (χ4n) is 2.52. The molecule has 1 aromatic rings. The summed E-state index contributed by atoms with van der Waals surface area (Å²) in [6.45, 7) is 2.47. The molecule has 1 fully saturated rings. The second kappa shape index (κ2) is 5.98. The molecular formula is C14H19FN2O2S2. The van der Waals surface area contributed by atoms with Gasteiger partial charge in [0.25, 0.3) is 0 Å². The Kier molecular flexibility index (Phi) is 4.65. The molecule has 0 radical (unpaired) electrons. The summed E-state index contributed by atoms with van der Waals surface area (Å²) >= 11 is 4.73. The van der Waals surface area contributed by atoms with Crippen LogP contribution in [0.4, 0.5) is 4.39 Å². The molecule has 1 aliphatic rings. The quantitative estimate of drug-likeness (QED) is 0.785. The van der Waals surface area contributed by atoms with Gasteiger partial charge in [0, 0.05) is 12.1 Å². The Morgan fingerprint density at radius 2 is 2.14 bits per heavy atom. The van der Waals surface area contributed by atoms with Crippen LogP contribution >= 0.6 is 12.2 Å². The Morgan fingerprint density at radius 1 is 1.48 bits per heavy atom. The van der Waals surface area contributed by atoms with E-state index in [1.807, 2.05) is 0 Å². The van der Waals surface area contributed by atoms with Gasteiger partial charge in [-0.2, -0.15) is 0 Å². The molecule has 1 aliphatic carbocycles. The van der Waals surface area contributed by atoms with Gasteiger partial charge in [-0.25, -0.2) is 17.5 Å². The molecule has 0 aliphatic heterocycles. The number of sulfonamides is 1. The Morgan fingerprint density at radius 3 is 2.62 bits per heavy atom. The van der Waals surface area contributed by atoms with Crippen molar-refractivity contribution >= 4 is 27.2 Å². The molecule has 1 aromatic carbocycles. The van der Waals surface area contributed by atoms with Crippen LogP contribution in [0.1, 0.15) is 38.2 Å². The van der Waals surface area contributed by atoms with Crippen molar-refractivity contribution in [3.8, 4) is 0 Å². The van der Waals surface area contributed by atoms with Crippen molar-refractivity contribution < 1.29 is 12.8 Å². The van der Waals surface area contributed by atoms with Crippen LogP contribution in [0.3, 0.4) is 0 Å². The molecule has 0 atom stereocenters. The van der Waals surface area contributed by atoms with Crippen LogP contribution in [-0.2, 0) is 10.0 Å². The third-order valence-electron chi connectivity index (χ3n) is 4.31. The summed E-state index contributed by atoms with van der Waals surface area (Å²) in [4.78, 5) is -0.175. The largest absolute Gasteiger partial charge is 0.389 e. The summed E-state index contributed by atoms with van der Waals surface area (Å²) in [7, 11) is -3.68. The lowest BCUT2D eigenvalue weighted by atomic mass is 9.67. The van der Waals surface area contributed by atoms with Crippen LogP contribution in [0, 0.1) is 11.2 Å². The zero-order valence-electron chi connectivity index (χ0n) is 11.9. The highest BCUT2D eigenvalue weighted by Gasteiger charge is 2.36. The maximum Gasteiger partial charge on any atom is 0.240 e. The molecule has 116 valence electrons. The van der Waals surface area contributed by atoms with Gasteiger partial charge >= 0.3 is 0 Å². The average molecular weight is 330 g/mol. The first-order valence-electron chi connectivity index (χ1n) is 6.89. The minimum Gasteiger partial charge on any atom is -0.389 e. The monoisotopic (exact) mass is 330 g/mol. The number of hydrogen-bond donors (Lipinski definition) is 2. The Balaban J connectivity index is 2.20. The van der Waals surface area contributed by atoms with E-state index in [4.69, 9.17) is 18.0 Å². The predicted octanol–water partition coefficient (Wildman–Crippen LogP) is 2.32. The normalized spacial score (nSPS) is 17.2.